The van der Waals surface area contributed by atoms with Gasteiger partial charge in [-0.05, 0) is 57.1 Å². The molecule has 2 aliphatic rings. The monoisotopic (exact) mass is 416 g/mol. The Bertz CT molecular complexity index is 733. The molecule has 0 saturated carbocycles. The average molecular weight is 417 g/mol. The van der Waals surface area contributed by atoms with E-state index in [0.29, 0.717) is 5.02 Å². The quantitative estimate of drug-likeness (QED) is 0.747. The zero-order valence-electron chi connectivity index (χ0n) is 14.9. The second-order valence-electron chi connectivity index (χ2n) is 7.07. The standard InChI is InChI=1S/C18H25ClN2O3S2/c1-13(25-15-7-5-14(19)6-8-15)18(22)20-16-11-26(23,24)12-17(16)21-9-3-2-4-10-21/h5-8,13,16-17H,2-4,9-12H2,1H3,(H,20,22). The molecule has 2 aliphatic heterocycles. The predicted octanol–water partition coefficient (Wildman–Crippen LogP) is 2.59. The van der Waals surface area contributed by atoms with Crippen LogP contribution in [0.4, 0.5) is 0 Å². The van der Waals surface area contributed by atoms with Gasteiger partial charge in [0, 0.05) is 16.0 Å². The van der Waals surface area contributed by atoms with Gasteiger partial charge in [0.15, 0.2) is 9.84 Å². The van der Waals surface area contributed by atoms with Crippen LogP contribution in [0.15, 0.2) is 29.2 Å². The first-order valence-electron chi connectivity index (χ1n) is 9.01. The SMILES string of the molecule is CC(Sc1ccc(Cl)cc1)C(=O)NC1CS(=O)(=O)CC1N1CCCCC1. The second kappa shape index (κ2) is 8.50. The van der Waals surface area contributed by atoms with Crippen molar-refractivity contribution in [1.29, 1.82) is 0 Å². The first-order valence-corrected chi connectivity index (χ1v) is 12.1. The van der Waals surface area contributed by atoms with E-state index in [0.717, 1.165) is 30.8 Å². The van der Waals surface area contributed by atoms with E-state index < -0.39 is 9.84 Å². The predicted molar refractivity (Wildman–Crippen MR) is 107 cm³/mol. The number of hydrogen-bond donors (Lipinski definition) is 1. The summed E-state index contributed by atoms with van der Waals surface area (Å²) in [7, 11) is -3.11. The van der Waals surface area contributed by atoms with Crippen molar-refractivity contribution >= 4 is 39.1 Å². The van der Waals surface area contributed by atoms with E-state index in [1.54, 1.807) is 12.1 Å². The maximum absolute atomic E-state index is 12.6. The van der Waals surface area contributed by atoms with Crippen LogP contribution in [-0.4, -0.2) is 61.2 Å². The molecular formula is C18H25ClN2O3S2. The summed E-state index contributed by atoms with van der Waals surface area (Å²) in [5.74, 6) is 0.0728. The molecular weight excluding hydrogens is 392 g/mol. The highest BCUT2D eigenvalue weighted by molar-refractivity contribution is 8.00. The van der Waals surface area contributed by atoms with Gasteiger partial charge in [-0.1, -0.05) is 18.0 Å². The summed E-state index contributed by atoms with van der Waals surface area (Å²) in [5.41, 5.74) is 0. The number of amides is 1. The van der Waals surface area contributed by atoms with Crippen molar-refractivity contribution in [3.8, 4) is 0 Å². The first kappa shape index (κ1) is 20.0. The van der Waals surface area contributed by atoms with Crippen LogP contribution in [0.2, 0.25) is 5.02 Å². The van der Waals surface area contributed by atoms with Gasteiger partial charge in [-0.15, -0.1) is 11.8 Å². The molecule has 5 nitrogen and oxygen atoms in total. The zero-order valence-corrected chi connectivity index (χ0v) is 17.2. The van der Waals surface area contributed by atoms with Gasteiger partial charge in [0.25, 0.3) is 0 Å². The minimum Gasteiger partial charge on any atom is -0.350 e. The summed E-state index contributed by atoms with van der Waals surface area (Å²) in [6.07, 6.45) is 3.39. The Morgan fingerprint density at radius 3 is 2.50 bits per heavy atom. The molecule has 1 amide bonds. The van der Waals surface area contributed by atoms with E-state index >= 15 is 0 Å². The van der Waals surface area contributed by atoms with Crippen LogP contribution in [0, 0.1) is 0 Å². The normalized spacial score (nSPS) is 27.2. The third-order valence-corrected chi connectivity index (χ3v) is 8.09. The topological polar surface area (TPSA) is 66.5 Å². The third-order valence-electron chi connectivity index (χ3n) is 5.01. The smallest absolute Gasteiger partial charge is 0.233 e. The van der Waals surface area contributed by atoms with Gasteiger partial charge < -0.3 is 5.32 Å². The Kier molecular flexibility index (Phi) is 6.54. The molecule has 1 aromatic rings. The van der Waals surface area contributed by atoms with Gasteiger partial charge in [0.05, 0.1) is 22.8 Å². The summed E-state index contributed by atoms with van der Waals surface area (Å²) < 4.78 is 24.3. The number of halogens is 1. The number of carbonyl (C=O) groups excluding carboxylic acids is 1. The molecule has 2 saturated heterocycles. The number of piperidine rings is 1. The van der Waals surface area contributed by atoms with Gasteiger partial charge >= 0.3 is 0 Å². The highest BCUT2D eigenvalue weighted by Crippen LogP contribution is 2.26. The Morgan fingerprint density at radius 1 is 1.19 bits per heavy atom. The Hall–Kier alpha value is -0.760. The second-order valence-corrected chi connectivity index (χ2v) is 11.1. The van der Waals surface area contributed by atoms with Crippen molar-refractivity contribution in [2.75, 3.05) is 24.6 Å². The fraction of sp³-hybridized carbons (Fsp3) is 0.611. The van der Waals surface area contributed by atoms with Crippen molar-refractivity contribution in [2.45, 2.75) is 48.4 Å². The van der Waals surface area contributed by atoms with Gasteiger partial charge in [-0.25, -0.2) is 8.42 Å². The molecule has 0 aromatic heterocycles. The number of sulfone groups is 1. The third kappa shape index (κ3) is 5.15. The van der Waals surface area contributed by atoms with Gasteiger partial charge in [0.2, 0.25) is 5.91 Å². The molecule has 0 spiro atoms. The van der Waals surface area contributed by atoms with Crippen molar-refractivity contribution in [3.63, 3.8) is 0 Å². The van der Waals surface area contributed by atoms with Crippen LogP contribution < -0.4 is 5.32 Å². The molecule has 8 heteroatoms. The molecule has 26 heavy (non-hydrogen) atoms. The van der Waals surface area contributed by atoms with E-state index in [1.165, 1.54) is 18.2 Å². The largest absolute Gasteiger partial charge is 0.350 e. The van der Waals surface area contributed by atoms with Gasteiger partial charge in [0.1, 0.15) is 0 Å². The molecule has 3 atom stereocenters. The fourth-order valence-corrected chi connectivity index (χ4v) is 6.60. The summed E-state index contributed by atoms with van der Waals surface area (Å²) in [6, 6.07) is 6.94. The van der Waals surface area contributed by atoms with E-state index in [-0.39, 0.29) is 34.7 Å². The molecule has 1 N–H and O–H groups in total. The molecule has 0 bridgehead atoms. The lowest BCUT2D eigenvalue weighted by molar-refractivity contribution is -0.121. The molecule has 0 aliphatic carbocycles. The lowest BCUT2D eigenvalue weighted by Gasteiger charge is -2.35. The maximum Gasteiger partial charge on any atom is 0.233 e. The Labute approximate surface area is 164 Å². The Balaban J connectivity index is 1.62. The summed E-state index contributed by atoms with van der Waals surface area (Å²) in [5, 5.41) is 3.36. The molecule has 3 unspecified atom stereocenters. The first-order chi connectivity index (χ1) is 12.3. The van der Waals surface area contributed by atoms with Gasteiger partial charge in [-0.2, -0.15) is 0 Å². The van der Waals surface area contributed by atoms with Crippen LogP contribution in [-0.2, 0) is 14.6 Å². The number of nitrogens with zero attached hydrogens (tertiary/aromatic N) is 1. The minimum absolute atomic E-state index is 0.0399. The van der Waals surface area contributed by atoms with Crippen LogP contribution in [0.25, 0.3) is 0 Å². The number of benzene rings is 1. The molecule has 144 valence electrons. The number of thioether (sulfide) groups is 1. The number of likely N-dealkylation sites (tertiary alicyclic amines) is 1. The summed E-state index contributed by atoms with van der Waals surface area (Å²) in [6.45, 7) is 3.68. The van der Waals surface area contributed by atoms with Crippen LogP contribution >= 0.6 is 23.4 Å². The van der Waals surface area contributed by atoms with Crippen LogP contribution in [0.3, 0.4) is 0 Å². The number of hydrogen-bond acceptors (Lipinski definition) is 5. The van der Waals surface area contributed by atoms with Crippen molar-refractivity contribution < 1.29 is 13.2 Å². The van der Waals surface area contributed by atoms with E-state index in [2.05, 4.69) is 10.2 Å². The summed E-state index contributed by atoms with van der Waals surface area (Å²) >= 11 is 7.34. The summed E-state index contributed by atoms with van der Waals surface area (Å²) in [4.78, 5) is 15.8. The molecule has 2 fully saturated rings. The average Bonchev–Trinajstić information content (AvgIpc) is 2.92. The lowest BCUT2D eigenvalue weighted by atomic mass is 10.0. The van der Waals surface area contributed by atoms with E-state index in [1.807, 2.05) is 19.1 Å². The molecule has 0 radical (unpaired) electrons. The van der Waals surface area contributed by atoms with Crippen molar-refractivity contribution in [3.05, 3.63) is 29.3 Å². The minimum atomic E-state index is -3.11. The van der Waals surface area contributed by atoms with Gasteiger partial charge in [-0.3, -0.25) is 9.69 Å². The molecule has 3 rings (SSSR count). The number of rotatable bonds is 5. The van der Waals surface area contributed by atoms with Crippen LogP contribution in [0.5, 0.6) is 0 Å². The zero-order chi connectivity index (χ0) is 18.7. The van der Waals surface area contributed by atoms with E-state index in [9.17, 15) is 13.2 Å². The number of carbonyl (C=O) groups is 1. The maximum atomic E-state index is 12.6. The van der Waals surface area contributed by atoms with Crippen molar-refractivity contribution in [1.82, 2.24) is 10.2 Å². The van der Waals surface area contributed by atoms with Crippen LogP contribution in [0.1, 0.15) is 26.2 Å². The fourth-order valence-electron chi connectivity index (χ4n) is 3.65. The molecule has 2 heterocycles. The highest BCUT2D eigenvalue weighted by atomic mass is 35.5. The Morgan fingerprint density at radius 2 is 1.85 bits per heavy atom. The van der Waals surface area contributed by atoms with Crippen molar-refractivity contribution in [2.24, 2.45) is 0 Å². The number of nitrogens with one attached hydrogen (secondary N) is 1. The molecule has 1 aromatic carbocycles. The van der Waals surface area contributed by atoms with E-state index in [4.69, 9.17) is 11.6 Å². The highest BCUT2D eigenvalue weighted by Gasteiger charge is 2.42. The lowest BCUT2D eigenvalue weighted by Crippen LogP contribution is -2.53.